The number of nitrogens with two attached hydrogens (primary N) is 1. The summed E-state index contributed by atoms with van der Waals surface area (Å²) in [5.41, 5.74) is 5.47. The maximum Gasteiger partial charge on any atom is 0.339 e. The molecule has 0 amide bonds. The maximum absolute atomic E-state index is 13.7. The number of aromatic carboxylic acids is 1. The molecule has 0 atom stereocenters. The first-order valence-corrected chi connectivity index (χ1v) is 5.81. The van der Waals surface area contributed by atoms with Gasteiger partial charge in [0.15, 0.2) is 0 Å². The summed E-state index contributed by atoms with van der Waals surface area (Å²) in [5.74, 6) is -2.57. The van der Waals surface area contributed by atoms with Crippen molar-refractivity contribution in [3.63, 3.8) is 0 Å². The van der Waals surface area contributed by atoms with Gasteiger partial charge >= 0.3 is 5.97 Å². The van der Waals surface area contributed by atoms with E-state index in [1.54, 1.807) is 6.92 Å². The quantitative estimate of drug-likeness (QED) is 0.879. The standard InChI is InChI=1S/C12H9F2NO2S/c1-5-9(10(12(16)17)11(15)18-5)7-4-6(13)2-3-8(7)14/h2-4H,15H2,1H3,(H,16,17). The lowest BCUT2D eigenvalue weighted by atomic mass is 10.0. The fourth-order valence-corrected chi connectivity index (χ4v) is 2.73. The van der Waals surface area contributed by atoms with Crippen molar-refractivity contribution in [2.75, 3.05) is 5.73 Å². The number of halogens is 2. The zero-order valence-electron chi connectivity index (χ0n) is 9.33. The molecular formula is C12H9F2NO2S. The molecule has 0 unspecified atom stereocenters. The zero-order valence-corrected chi connectivity index (χ0v) is 10.1. The van der Waals surface area contributed by atoms with Gasteiger partial charge < -0.3 is 10.8 Å². The molecule has 0 spiro atoms. The van der Waals surface area contributed by atoms with E-state index in [0.717, 1.165) is 29.5 Å². The molecule has 0 saturated heterocycles. The molecule has 2 aromatic rings. The van der Waals surface area contributed by atoms with Crippen molar-refractivity contribution in [1.29, 1.82) is 0 Å². The summed E-state index contributed by atoms with van der Waals surface area (Å²) in [6.45, 7) is 1.62. The Morgan fingerprint density at radius 1 is 1.39 bits per heavy atom. The highest BCUT2D eigenvalue weighted by Gasteiger charge is 2.23. The minimum absolute atomic E-state index is 0.0821. The monoisotopic (exact) mass is 269 g/mol. The first kappa shape index (κ1) is 12.5. The third-order valence-electron chi connectivity index (χ3n) is 2.52. The van der Waals surface area contributed by atoms with Gasteiger partial charge in [-0.15, -0.1) is 11.3 Å². The molecule has 0 saturated carbocycles. The summed E-state index contributed by atoms with van der Waals surface area (Å²) in [6, 6.07) is 2.91. The van der Waals surface area contributed by atoms with E-state index < -0.39 is 17.6 Å². The third-order valence-corrected chi connectivity index (χ3v) is 3.46. The molecule has 3 nitrogen and oxygen atoms in total. The SMILES string of the molecule is Cc1sc(N)c(C(=O)O)c1-c1cc(F)ccc1F. The van der Waals surface area contributed by atoms with Crippen LogP contribution in [0.3, 0.4) is 0 Å². The predicted octanol–water partition coefficient (Wildman–Crippen LogP) is 3.28. The number of carboxylic acid groups (broad SMARTS) is 1. The number of nitrogen functional groups attached to an aromatic ring is 1. The van der Waals surface area contributed by atoms with E-state index in [0.29, 0.717) is 4.88 Å². The van der Waals surface area contributed by atoms with Gasteiger partial charge in [-0.1, -0.05) is 0 Å². The van der Waals surface area contributed by atoms with E-state index in [-0.39, 0.29) is 21.7 Å². The van der Waals surface area contributed by atoms with Gasteiger partial charge in [0, 0.05) is 16.0 Å². The van der Waals surface area contributed by atoms with Crippen molar-refractivity contribution in [2.24, 2.45) is 0 Å². The Balaban J connectivity index is 2.78. The number of carbonyl (C=O) groups is 1. The van der Waals surface area contributed by atoms with E-state index in [1.165, 1.54) is 0 Å². The van der Waals surface area contributed by atoms with Crippen LogP contribution in [0.5, 0.6) is 0 Å². The Labute approximate surface area is 105 Å². The molecule has 2 rings (SSSR count). The Morgan fingerprint density at radius 3 is 2.67 bits per heavy atom. The molecule has 0 aliphatic heterocycles. The van der Waals surface area contributed by atoms with Crippen molar-refractivity contribution in [1.82, 2.24) is 0 Å². The van der Waals surface area contributed by atoms with Crippen LogP contribution < -0.4 is 5.73 Å². The van der Waals surface area contributed by atoms with Crippen LogP contribution in [0.4, 0.5) is 13.8 Å². The fraction of sp³-hybridized carbons (Fsp3) is 0.0833. The number of thiophene rings is 1. The van der Waals surface area contributed by atoms with Crippen LogP contribution in [-0.4, -0.2) is 11.1 Å². The molecule has 0 radical (unpaired) electrons. The van der Waals surface area contributed by atoms with E-state index in [9.17, 15) is 13.6 Å². The lowest BCUT2D eigenvalue weighted by Crippen LogP contribution is -2.02. The van der Waals surface area contributed by atoms with Crippen LogP contribution in [0, 0.1) is 18.6 Å². The molecule has 0 aliphatic carbocycles. The van der Waals surface area contributed by atoms with Crippen LogP contribution in [0.25, 0.3) is 11.1 Å². The lowest BCUT2D eigenvalue weighted by molar-refractivity contribution is 0.0699. The number of rotatable bonds is 2. The lowest BCUT2D eigenvalue weighted by Gasteiger charge is -2.05. The Morgan fingerprint density at radius 2 is 2.06 bits per heavy atom. The minimum Gasteiger partial charge on any atom is -0.478 e. The van der Waals surface area contributed by atoms with Crippen LogP contribution in [0.15, 0.2) is 18.2 Å². The fourth-order valence-electron chi connectivity index (χ4n) is 1.79. The molecule has 0 bridgehead atoms. The van der Waals surface area contributed by atoms with Crippen LogP contribution >= 0.6 is 11.3 Å². The second-order valence-corrected chi connectivity index (χ2v) is 4.96. The van der Waals surface area contributed by atoms with Gasteiger partial charge in [0.25, 0.3) is 0 Å². The molecule has 3 N–H and O–H groups in total. The van der Waals surface area contributed by atoms with E-state index in [2.05, 4.69) is 0 Å². The highest BCUT2D eigenvalue weighted by molar-refractivity contribution is 7.16. The number of anilines is 1. The Hall–Kier alpha value is -1.95. The van der Waals surface area contributed by atoms with Gasteiger partial charge in [-0.3, -0.25) is 0 Å². The summed E-state index contributed by atoms with van der Waals surface area (Å²) >= 11 is 1.04. The molecule has 0 aliphatic rings. The predicted molar refractivity (Wildman–Crippen MR) is 65.8 cm³/mol. The first-order valence-electron chi connectivity index (χ1n) is 4.99. The largest absolute Gasteiger partial charge is 0.478 e. The smallest absolute Gasteiger partial charge is 0.339 e. The summed E-state index contributed by atoms with van der Waals surface area (Å²) in [4.78, 5) is 11.7. The Bertz CT molecular complexity index is 637. The van der Waals surface area contributed by atoms with Crippen molar-refractivity contribution < 1.29 is 18.7 Å². The van der Waals surface area contributed by atoms with Crippen molar-refractivity contribution in [3.05, 3.63) is 40.3 Å². The van der Waals surface area contributed by atoms with Gasteiger partial charge in [-0.2, -0.15) is 0 Å². The Kier molecular flexibility index (Phi) is 3.04. The summed E-state index contributed by atoms with van der Waals surface area (Å²) in [6.07, 6.45) is 0. The highest BCUT2D eigenvalue weighted by atomic mass is 32.1. The number of aryl methyl sites for hydroxylation is 1. The molecule has 1 heterocycles. The number of benzene rings is 1. The topological polar surface area (TPSA) is 63.3 Å². The molecule has 18 heavy (non-hydrogen) atoms. The number of hydrogen-bond acceptors (Lipinski definition) is 3. The summed E-state index contributed by atoms with van der Waals surface area (Å²) in [5, 5.41) is 9.17. The molecule has 1 aromatic heterocycles. The van der Waals surface area contributed by atoms with E-state index >= 15 is 0 Å². The van der Waals surface area contributed by atoms with Crippen molar-refractivity contribution in [3.8, 4) is 11.1 Å². The normalized spacial score (nSPS) is 10.6. The summed E-state index contributed by atoms with van der Waals surface area (Å²) < 4.78 is 26.9. The zero-order chi connectivity index (χ0) is 13.4. The third kappa shape index (κ3) is 1.95. The van der Waals surface area contributed by atoms with Gasteiger partial charge in [0.2, 0.25) is 0 Å². The van der Waals surface area contributed by atoms with Crippen LogP contribution in [0.1, 0.15) is 15.2 Å². The van der Waals surface area contributed by atoms with Gasteiger partial charge in [0.1, 0.15) is 22.2 Å². The van der Waals surface area contributed by atoms with Crippen molar-refractivity contribution >= 4 is 22.3 Å². The van der Waals surface area contributed by atoms with E-state index in [1.807, 2.05) is 0 Å². The van der Waals surface area contributed by atoms with Crippen LogP contribution in [-0.2, 0) is 0 Å². The number of hydrogen-bond donors (Lipinski definition) is 2. The molecule has 94 valence electrons. The first-order chi connectivity index (χ1) is 8.41. The van der Waals surface area contributed by atoms with Gasteiger partial charge in [0.05, 0.1) is 0 Å². The van der Waals surface area contributed by atoms with Crippen molar-refractivity contribution in [2.45, 2.75) is 6.92 Å². The number of carboxylic acids is 1. The maximum atomic E-state index is 13.7. The minimum atomic E-state index is -1.25. The molecule has 6 heteroatoms. The highest BCUT2D eigenvalue weighted by Crippen LogP contribution is 2.39. The molecule has 1 aromatic carbocycles. The average molecular weight is 269 g/mol. The molecule has 0 fully saturated rings. The van der Waals surface area contributed by atoms with Gasteiger partial charge in [-0.05, 0) is 25.1 Å². The second kappa shape index (κ2) is 4.38. The average Bonchev–Trinajstić information content (AvgIpc) is 2.57. The second-order valence-electron chi connectivity index (χ2n) is 3.70. The van der Waals surface area contributed by atoms with Gasteiger partial charge in [-0.25, -0.2) is 13.6 Å². The van der Waals surface area contributed by atoms with Crippen LogP contribution in [0.2, 0.25) is 0 Å². The van der Waals surface area contributed by atoms with E-state index in [4.69, 9.17) is 10.8 Å². The summed E-state index contributed by atoms with van der Waals surface area (Å²) in [7, 11) is 0. The molecular weight excluding hydrogens is 260 g/mol.